The molecule has 88 valence electrons. The Hall–Kier alpha value is -1.55. The average Bonchev–Trinajstić information content (AvgIpc) is 3.09. The van der Waals surface area contributed by atoms with E-state index in [4.69, 9.17) is 16.1 Å². The Morgan fingerprint density at radius 3 is 2.76 bits per heavy atom. The van der Waals surface area contributed by atoms with Gasteiger partial charge in [0, 0.05) is 16.6 Å². The second-order valence-electron chi connectivity index (χ2n) is 4.18. The number of aromatic nitrogens is 2. The molecule has 0 amide bonds. The van der Waals surface area contributed by atoms with E-state index in [0.29, 0.717) is 18.4 Å². The summed E-state index contributed by atoms with van der Waals surface area (Å²) in [7, 11) is 0. The number of nitrogens with one attached hydrogen (secondary N) is 1. The van der Waals surface area contributed by atoms with Gasteiger partial charge in [-0.05, 0) is 37.1 Å². The molecule has 0 unspecified atom stereocenters. The summed E-state index contributed by atoms with van der Waals surface area (Å²) >= 11 is 5.81. The third kappa shape index (κ3) is 2.58. The Labute approximate surface area is 104 Å². The van der Waals surface area contributed by atoms with Gasteiger partial charge < -0.3 is 9.84 Å². The van der Waals surface area contributed by atoms with E-state index in [1.165, 1.54) is 12.8 Å². The molecule has 0 spiro atoms. The van der Waals surface area contributed by atoms with E-state index in [1.807, 2.05) is 24.3 Å². The first-order chi connectivity index (χ1) is 8.31. The minimum atomic E-state index is 0.531. The predicted molar refractivity (Wildman–Crippen MR) is 65.1 cm³/mol. The normalized spacial score (nSPS) is 14.9. The fraction of sp³-hybridized carbons (Fsp3) is 0.333. The Morgan fingerprint density at radius 1 is 1.29 bits per heavy atom. The van der Waals surface area contributed by atoms with E-state index in [2.05, 4.69) is 15.5 Å². The van der Waals surface area contributed by atoms with Gasteiger partial charge in [-0.15, -0.1) is 0 Å². The largest absolute Gasteiger partial charge is 0.376 e. The first-order valence-corrected chi connectivity index (χ1v) is 6.01. The van der Waals surface area contributed by atoms with E-state index in [-0.39, 0.29) is 0 Å². The van der Waals surface area contributed by atoms with Crippen molar-refractivity contribution in [2.24, 2.45) is 0 Å². The van der Waals surface area contributed by atoms with Crippen molar-refractivity contribution in [3.8, 4) is 0 Å². The molecule has 5 heteroatoms. The van der Waals surface area contributed by atoms with Crippen molar-refractivity contribution in [3.63, 3.8) is 0 Å². The van der Waals surface area contributed by atoms with Gasteiger partial charge in [0.05, 0.1) is 6.54 Å². The maximum atomic E-state index is 5.81. The standard InChI is InChI=1S/C12H12ClN3O/c13-9-3-5-10(6-4-9)14-7-11-15-12(16-17-11)8-1-2-8/h3-6,8,14H,1-2,7H2. The Morgan fingerprint density at radius 2 is 2.06 bits per heavy atom. The topological polar surface area (TPSA) is 51.0 Å². The summed E-state index contributed by atoms with van der Waals surface area (Å²) in [6, 6.07) is 7.52. The number of anilines is 1. The van der Waals surface area contributed by atoms with Gasteiger partial charge >= 0.3 is 0 Å². The molecule has 1 aliphatic carbocycles. The average molecular weight is 250 g/mol. The predicted octanol–water partition coefficient (Wildman–Crippen LogP) is 3.21. The molecule has 0 atom stereocenters. The molecule has 17 heavy (non-hydrogen) atoms. The molecule has 0 radical (unpaired) electrons. The van der Waals surface area contributed by atoms with Gasteiger partial charge in [-0.1, -0.05) is 16.8 Å². The molecule has 4 nitrogen and oxygen atoms in total. The number of hydrogen-bond donors (Lipinski definition) is 1. The molecule has 1 N–H and O–H groups in total. The van der Waals surface area contributed by atoms with Crippen LogP contribution in [0.3, 0.4) is 0 Å². The van der Waals surface area contributed by atoms with E-state index in [0.717, 1.165) is 16.5 Å². The number of benzene rings is 1. The van der Waals surface area contributed by atoms with Crippen molar-refractivity contribution in [2.45, 2.75) is 25.3 Å². The lowest BCUT2D eigenvalue weighted by Crippen LogP contribution is -1.99. The summed E-state index contributed by atoms with van der Waals surface area (Å²) < 4.78 is 5.16. The van der Waals surface area contributed by atoms with Gasteiger partial charge in [0.25, 0.3) is 0 Å². The summed E-state index contributed by atoms with van der Waals surface area (Å²) in [6.45, 7) is 0.543. The Balaban J connectivity index is 1.60. The van der Waals surface area contributed by atoms with Crippen LogP contribution >= 0.6 is 11.6 Å². The SMILES string of the molecule is Clc1ccc(NCc2nc(C3CC3)no2)cc1. The summed E-state index contributed by atoms with van der Waals surface area (Å²) in [4.78, 5) is 4.34. The van der Waals surface area contributed by atoms with Crippen LogP contribution in [-0.4, -0.2) is 10.1 Å². The van der Waals surface area contributed by atoms with Crippen LogP contribution in [0.15, 0.2) is 28.8 Å². The van der Waals surface area contributed by atoms with E-state index < -0.39 is 0 Å². The first kappa shape index (κ1) is 10.6. The fourth-order valence-electron chi connectivity index (χ4n) is 1.59. The summed E-state index contributed by atoms with van der Waals surface area (Å²) in [5, 5.41) is 7.89. The molecule has 1 aromatic heterocycles. The molecule has 0 aliphatic heterocycles. The zero-order valence-electron chi connectivity index (χ0n) is 9.19. The maximum absolute atomic E-state index is 5.81. The van der Waals surface area contributed by atoms with Gasteiger partial charge in [0.1, 0.15) is 0 Å². The molecule has 1 aliphatic rings. The lowest BCUT2D eigenvalue weighted by atomic mass is 10.3. The highest BCUT2D eigenvalue weighted by molar-refractivity contribution is 6.30. The molecule has 3 rings (SSSR count). The number of halogens is 1. The third-order valence-corrected chi connectivity index (χ3v) is 2.97. The number of nitrogens with zero attached hydrogens (tertiary/aromatic N) is 2. The number of rotatable bonds is 4. The quantitative estimate of drug-likeness (QED) is 0.904. The van der Waals surface area contributed by atoms with Gasteiger partial charge in [0.2, 0.25) is 5.89 Å². The van der Waals surface area contributed by atoms with E-state index in [1.54, 1.807) is 0 Å². The van der Waals surface area contributed by atoms with Crippen molar-refractivity contribution in [1.82, 2.24) is 10.1 Å². The molecule has 1 fully saturated rings. The second-order valence-corrected chi connectivity index (χ2v) is 4.62. The van der Waals surface area contributed by atoms with Crippen molar-refractivity contribution < 1.29 is 4.52 Å². The Bertz CT molecular complexity index is 505. The van der Waals surface area contributed by atoms with Crippen molar-refractivity contribution in [3.05, 3.63) is 41.0 Å². The van der Waals surface area contributed by atoms with Gasteiger partial charge in [-0.2, -0.15) is 4.98 Å². The molecule has 0 saturated heterocycles. The minimum Gasteiger partial charge on any atom is -0.376 e. The second kappa shape index (κ2) is 4.37. The van der Waals surface area contributed by atoms with Crippen LogP contribution in [-0.2, 0) is 6.54 Å². The minimum absolute atomic E-state index is 0.531. The lowest BCUT2D eigenvalue weighted by molar-refractivity contribution is 0.378. The Kier molecular flexibility index (Phi) is 2.73. The summed E-state index contributed by atoms with van der Waals surface area (Å²) in [6.07, 6.45) is 2.37. The van der Waals surface area contributed by atoms with Crippen LogP contribution in [0.4, 0.5) is 5.69 Å². The number of hydrogen-bond acceptors (Lipinski definition) is 4. The molecule has 1 heterocycles. The van der Waals surface area contributed by atoms with Crippen molar-refractivity contribution in [1.29, 1.82) is 0 Å². The van der Waals surface area contributed by atoms with Crippen LogP contribution in [0.1, 0.15) is 30.5 Å². The van der Waals surface area contributed by atoms with Crippen molar-refractivity contribution >= 4 is 17.3 Å². The highest BCUT2D eigenvalue weighted by Gasteiger charge is 2.28. The van der Waals surface area contributed by atoms with Crippen LogP contribution in [0.5, 0.6) is 0 Å². The summed E-state index contributed by atoms with van der Waals surface area (Å²) in [5.74, 6) is 2.00. The zero-order chi connectivity index (χ0) is 11.7. The summed E-state index contributed by atoms with van der Waals surface area (Å²) in [5.41, 5.74) is 0.987. The van der Waals surface area contributed by atoms with Crippen LogP contribution < -0.4 is 5.32 Å². The highest BCUT2D eigenvalue weighted by atomic mass is 35.5. The monoisotopic (exact) mass is 249 g/mol. The van der Waals surface area contributed by atoms with Crippen LogP contribution in [0, 0.1) is 0 Å². The first-order valence-electron chi connectivity index (χ1n) is 5.63. The molecular formula is C12H12ClN3O. The molecular weight excluding hydrogens is 238 g/mol. The molecule has 2 aromatic rings. The highest BCUT2D eigenvalue weighted by Crippen LogP contribution is 2.38. The molecule has 1 saturated carbocycles. The molecule has 0 bridgehead atoms. The van der Waals surface area contributed by atoms with Crippen LogP contribution in [0.2, 0.25) is 5.02 Å². The van der Waals surface area contributed by atoms with E-state index >= 15 is 0 Å². The third-order valence-electron chi connectivity index (χ3n) is 2.71. The van der Waals surface area contributed by atoms with Crippen LogP contribution in [0.25, 0.3) is 0 Å². The van der Waals surface area contributed by atoms with E-state index in [9.17, 15) is 0 Å². The fourth-order valence-corrected chi connectivity index (χ4v) is 1.72. The molecule has 1 aromatic carbocycles. The smallest absolute Gasteiger partial charge is 0.245 e. The van der Waals surface area contributed by atoms with Gasteiger partial charge in [-0.3, -0.25) is 0 Å². The van der Waals surface area contributed by atoms with Gasteiger partial charge in [0.15, 0.2) is 5.82 Å². The maximum Gasteiger partial charge on any atom is 0.245 e. The van der Waals surface area contributed by atoms with Gasteiger partial charge in [-0.25, -0.2) is 0 Å². The lowest BCUT2D eigenvalue weighted by Gasteiger charge is -2.02. The van der Waals surface area contributed by atoms with Crippen molar-refractivity contribution in [2.75, 3.05) is 5.32 Å². The zero-order valence-corrected chi connectivity index (χ0v) is 9.94.